The first-order valence-corrected chi connectivity index (χ1v) is 20.6. The molecule has 0 spiro atoms. The van der Waals surface area contributed by atoms with E-state index in [0.717, 1.165) is 44.9 Å². The maximum Gasteiger partial charge on any atom is 0.530 e. The molecule has 0 aliphatic rings. The van der Waals surface area contributed by atoms with Gasteiger partial charge >= 0.3 is 14.8 Å². The van der Waals surface area contributed by atoms with E-state index in [9.17, 15) is 4.79 Å². The van der Waals surface area contributed by atoms with Crippen LogP contribution in [0.5, 0.6) is 0 Å². The highest BCUT2D eigenvalue weighted by Crippen LogP contribution is 2.20. The van der Waals surface area contributed by atoms with Crippen molar-refractivity contribution in [1.29, 1.82) is 0 Å². The largest absolute Gasteiger partial charge is 0.530 e. The van der Waals surface area contributed by atoms with Crippen molar-refractivity contribution in [3.63, 3.8) is 0 Å². The third-order valence-electron chi connectivity index (χ3n) is 8.06. The van der Waals surface area contributed by atoms with Crippen LogP contribution >= 0.6 is 0 Å². The van der Waals surface area contributed by atoms with E-state index < -0.39 is 8.80 Å². The number of carbonyl (C=O) groups excluding carboxylic acids is 1. The molecule has 0 N–H and O–H groups in total. The number of unbranched alkanes of at least 4 members (excludes halogenated alkanes) is 21. The van der Waals surface area contributed by atoms with Crippen LogP contribution in [0, 0.1) is 0 Å². The van der Waals surface area contributed by atoms with Gasteiger partial charge in [-0.3, -0.25) is 0 Å². The number of hydrogen-bond acceptors (Lipinski definition) is 5. The summed E-state index contributed by atoms with van der Waals surface area (Å²) in [6, 6.07) is 0. The predicted molar refractivity (Wildman–Crippen MR) is 186 cm³/mol. The molecule has 0 saturated carbocycles. The van der Waals surface area contributed by atoms with Crippen molar-refractivity contribution < 1.29 is 22.8 Å². The van der Waals surface area contributed by atoms with E-state index in [1.165, 1.54) is 116 Å². The molecule has 0 bridgehead atoms. The first-order valence-electron chi connectivity index (χ1n) is 18.8. The SMILES string of the molecule is CCCCCCCCCCO[Si](C=C(C)C(=O)OCCC)(OCCCCCCCCCC)OCCCCCCCCCC. The molecule has 0 radical (unpaired) electrons. The number of ether oxygens (including phenoxy) is 1. The summed E-state index contributed by atoms with van der Waals surface area (Å²) in [5.74, 6) is -0.291. The minimum atomic E-state index is -3.18. The van der Waals surface area contributed by atoms with Crippen LogP contribution in [-0.4, -0.2) is 41.2 Å². The second-order valence-corrected chi connectivity index (χ2v) is 14.9. The lowest BCUT2D eigenvalue weighted by molar-refractivity contribution is -0.139. The number of carbonyl (C=O) groups is 1. The highest BCUT2D eigenvalue weighted by atomic mass is 28.4. The molecule has 0 aromatic carbocycles. The molecule has 0 unspecified atom stereocenters. The average Bonchev–Trinajstić information content (AvgIpc) is 3.01. The molecule has 0 aromatic heterocycles. The molecular weight excluding hydrogens is 552 g/mol. The molecule has 0 saturated heterocycles. The average molecular weight is 627 g/mol. The molecular formula is C37H74O5Si. The molecule has 0 aliphatic carbocycles. The Labute approximate surface area is 270 Å². The van der Waals surface area contributed by atoms with Crippen LogP contribution in [0.4, 0.5) is 0 Å². The first kappa shape index (κ1) is 42.3. The van der Waals surface area contributed by atoms with Crippen LogP contribution in [0.25, 0.3) is 0 Å². The van der Waals surface area contributed by atoms with Gasteiger partial charge in [-0.2, -0.15) is 0 Å². The van der Waals surface area contributed by atoms with Gasteiger partial charge in [0.25, 0.3) is 0 Å². The van der Waals surface area contributed by atoms with Crippen LogP contribution in [0.2, 0.25) is 0 Å². The van der Waals surface area contributed by atoms with Gasteiger partial charge in [-0.05, 0) is 38.3 Å². The van der Waals surface area contributed by atoms with Gasteiger partial charge in [-0.15, -0.1) is 0 Å². The standard InChI is InChI=1S/C37H74O5Si/c1-6-10-13-16-19-22-25-28-32-40-43(35-36(5)37(38)39-31-9-4,41-33-29-26-23-20-17-14-11-7-2)42-34-30-27-24-21-18-15-12-8-3/h35H,6-34H2,1-5H3. The van der Waals surface area contributed by atoms with E-state index in [-0.39, 0.29) is 5.97 Å². The first-order chi connectivity index (χ1) is 21.0. The number of hydrogen-bond donors (Lipinski definition) is 0. The minimum absolute atomic E-state index is 0.291. The van der Waals surface area contributed by atoms with Crippen molar-refractivity contribution in [3.8, 4) is 0 Å². The quantitative estimate of drug-likeness (QED) is 0.0308. The lowest BCUT2D eigenvalue weighted by atomic mass is 10.1. The van der Waals surface area contributed by atoms with Crippen molar-refractivity contribution in [1.82, 2.24) is 0 Å². The molecule has 0 amide bonds. The summed E-state index contributed by atoms with van der Waals surface area (Å²) in [6.07, 6.45) is 30.9. The minimum Gasteiger partial charge on any atom is -0.462 e. The van der Waals surface area contributed by atoms with Gasteiger partial charge in [0.1, 0.15) is 0 Å². The maximum absolute atomic E-state index is 12.7. The zero-order chi connectivity index (χ0) is 31.7. The number of rotatable bonds is 34. The molecule has 0 heterocycles. The van der Waals surface area contributed by atoms with E-state index >= 15 is 0 Å². The van der Waals surface area contributed by atoms with E-state index in [4.69, 9.17) is 18.0 Å². The monoisotopic (exact) mass is 627 g/mol. The third kappa shape index (κ3) is 27.3. The fourth-order valence-corrected chi connectivity index (χ4v) is 7.67. The molecule has 256 valence electrons. The van der Waals surface area contributed by atoms with Gasteiger partial charge in [-0.1, -0.05) is 163 Å². The maximum atomic E-state index is 12.7. The van der Waals surface area contributed by atoms with Crippen molar-refractivity contribution in [2.75, 3.05) is 26.4 Å². The van der Waals surface area contributed by atoms with Gasteiger partial charge in [0.05, 0.1) is 6.61 Å². The van der Waals surface area contributed by atoms with Crippen LogP contribution in [0.15, 0.2) is 11.3 Å². The second kappa shape index (κ2) is 32.7. The van der Waals surface area contributed by atoms with Crippen LogP contribution in [-0.2, 0) is 22.8 Å². The van der Waals surface area contributed by atoms with Crippen LogP contribution in [0.3, 0.4) is 0 Å². The van der Waals surface area contributed by atoms with Gasteiger partial charge in [-0.25, -0.2) is 4.79 Å². The van der Waals surface area contributed by atoms with E-state index in [0.29, 0.717) is 32.0 Å². The highest BCUT2D eigenvalue weighted by Gasteiger charge is 2.40. The Morgan fingerprint density at radius 2 is 0.744 bits per heavy atom. The van der Waals surface area contributed by atoms with Crippen LogP contribution in [0.1, 0.15) is 195 Å². The summed E-state index contributed by atoms with van der Waals surface area (Å²) < 4.78 is 25.1. The van der Waals surface area contributed by atoms with Gasteiger partial charge in [0.2, 0.25) is 0 Å². The third-order valence-corrected chi connectivity index (χ3v) is 10.7. The molecule has 43 heavy (non-hydrogen) atoms. The zero-order valence-electron chi connectivity index (χ0n) is 29.6. The second-order valence-electron chi connectivity index (χ2n) is 12.5. The lowest BCUT2D eigenvalue weighted by Gasteiger charge is -2.28. The van der Waals surface area contributed by atoms with Crippen LogP contribution < -0.4 is 0 Å². The Morgan fingerprint density at radius 3 is 1.05 bits per heavy atom. The Kier molecular flexibility index (Phi) is 32.2. The Bertz CT molecular complexity index is 569. The fourth-order valence-electron chi connectivity index (χ4n) is 5.23. The lowest BCUT2D eigenvalue weighted by Crippen LogP contribution is -2.46. The Balaban J connectivity index is 5.15. The summed E-state index contributed by atoms with van der Waals surface area (Å²) in [5, 5.41) is 0. The fraction of sp³-hybridized carbons (Fsp3) is 0.919. The normalized spacial score (nSPS) is 12.3. The Hall–Kier alpha value is -0.693. The predicted octanol–water partition coefficient (Wildman–Crippen LogP) is 11.8. The smallest absolute Gasteiger partial charge is 0.462 e. The molecule has 0 fully saturated rings. The molecule has 0 rings (SSSR count). The van der Waals surface area contributed by atoms with Gasteiger partial charge in [0, 0.05) is 25.4 Å². The van der Waals surface area contributed by atoms with Crippen molar-refractivity contribution >= 4 is 14.8 Å². The van der Waals surface area contributed by atoms with E-state index in [2.05, 4.69) is 20.8 Å². The summed E-state index contributed by atoms with van der Waals surface area (Å²) in [4.78, 5) is 12.7. The zero-order valence-corrected chi connectivity index (χ0v) is 30.6. The van der Waals surface area contributed by atoms with Crippen molar-refractivity contribution in [3.05, 3.63) is 11.3 Å². The summed E-state index contributed by atoms with van der Waals surface area (Å²) >= 11 is 0. The number of esters is 1. The molecule has 6 heteroatoms. The van der Waals surface area contributed by atoms with Crippen molar-refractivity contribution in [2.24, 2.45) is 0 Å². The van der Waals surface area contributed by atoms with E-state index in [1.807, 2.05) is 19.5 Å². The molecule has 0 atom stereocenters. The molecule has 0 aliphatic heterocycles. The van der Waals surface area contributed by atoms with Crippen molar-refractivity contribution in [2.45, 2.75) is 195 Å². The highest BCUT2D eigenvalue weighted by molar-refractivity contribution is 6.66. The topological polar surface area (TPSA) is 54.0 Å². The summed E-state index contributed by atoms with van der Waals surface area (Å²) in [7, 11) is -3.18. The van der Waals surface area contributed by atoms with Gasteiger partial charge < -0.3 is 18.0 Å². The van der Waals surface area contributed by atoms with Gasteiger partial charge in [0.15, 0.2) is 0 Å². The summed E-state index contributed by atoms with van der Waals surface area (Å²) in [6.45, 7) is 12.9. The molecule has 5 nitrogen and oxygen atoms in total. The van der Waals surface area contributed by atoms with E-state index in [1.54, 1.807) is 0 Å². The molecule has 0 aromatic rings. The Morgan fingerprint density at radius 1 is 0.442 bits per heavy atom. The summed E-state index contributed by atoms with van der Waals surface area (Å²) in [5.41, 5.74) is 2.42.